The minimum atomic E-state index is 0. The number of halogens is 2. The standard InChI is InChI=1S/C9H16N6.2ClH/c10-6-7(11)13-9(12)14-8(6)15-4-2-1-3-5-15;;/h1-5,10H2,(H4,11,12,13,14);2*1H. The van der Waals surface area contributed by atoms with E-state index >= 15 is 0 Å². The van der Waals surface area contributed by atoms with Gasteiger partial charge in [0.25, 0.3) is 0 Å². The second-order valence-electron chi connectivity index (χ2n) is 3.75. The molecule has 1 fully saturated rings. The maximum Gasteiger partial charge on any atom is 0.224 e. The molecule has 0 saturated carbocycles. The van der Waals surface area contributed by atoms with Gasteiger partial charge in [-0.3, -0.25) is 0 Å². The molecule has 0 aliphatic carbocycles. The molecule has 17 heavy (non-hydrogen) atoms. The predicted molar refractivity (Wildman–Crippen MR) is 75.8 cm³/mol. The molecule has 1 aromatic heterocycles. The summed E-state index contributed by atoms with van der Waals surface area (Å²) in [6.07, 6.45) is 3.57. The zero-order valence-electron chi connectivity index (χ0n) is 9.43. The van der Waals surface area contributed by atoms with Gasteiger partial charge in [0.15, 0.2) is 11.6 Å². The fraction of sp³-hybridized carbons (Fsp3) is 0.556. The molecule has 1 aliphatic heterocycles. The summed E-state index contributed by atoms with van der Waals surface area (Å²) in [6.45, 7) is 1.92. The highest BCUT2D eigenvalue weighted by molar-refractivity contribution is 5.85. The van der Waals surface area contributed by atoms with Crippen LogP contribution in [0.2, 0.25) is 0 Å². The molecule has 6 nitrogen and oxygen atoms in total. The summed E-state index contributed by atoms with van der Waals surface area (Å²) in [7, 11) is 0. The Labute approximate surface area is 113 Å². The number of piperidine rings is 1. The summed E-state index contributed by atoms with van der Waals surface area (Å²) in [5.41, 5.74) is 17.5. The van der Waals surface area contributed by atoms with E-state index < -0.39 is 0 Å². The molecule has 2 heterocycles. The molecule has 0 amide bonds. The van der Waals surface area contributed by atoms with E-state index in [2.05, 4.69) is 14.9 Å². The Morgan fingerprint density at radius 3 is 2.06 bits per heavy atom. The number of hydrogen-bond donors (Lipinski definition) is 3. The van der Waals surface area contributed by atoms with Crippen molar-refractivity contribution in [3.05, 3.63) is 0 Å². The van der Waals surface area contributed by atoms with Crippen molar-refractivity contribution < 1.29 is 0 Å². The van der Waals surface area contributed by atoms with Gasteiger partial charge in [0.1, 0.15) is 5.69 Å². The second kappa shape index (κ2) is 6.56. The Bertz CT molecular complexity index is 367. The number of nitrogens with two attached hydrogens (primary N) is 3. The van der Waals surface area contributed by atoms with Gasteiger partial charge in [0.05, 0.1) is 0 Å². The van der Waals surface area contributed by atoms with Crippen LogP contribution in [0.25, 0.3) is 0 Å². The van der Waals surface area contributed by atoms with Gasteiger partial charge in [-0.05, 0) is 19.3 Å². The minimum Gasteiger partial charge on any atom is -0.393 e. The fourth-order valence-electron chi connectivity index (χ4n) is 1.84. The van der Waals surface area contributed by atoms with E-state index in [1.165, 1.54) is 6.42 Å². The van der Waals surface area contributed by atoms with Crippen LogP contribution in [0.5, 0.6) is 0 Å². The van der Waals surface area contributed by atoms with Crippen molar-refractivity contribution in [1.29, 1.82) is 0 Å². The lowest BCUT2D eigenvalue weighted by Crippen LogP contribution is -2.31. The number of nitrogens with zero attached hydrogens (tertiary/aromatic N) is 3. The summed E-state index contributed by atoms with van der Waals surface area (Å²) in [5.74, 6) is 1.13. The molecule has 2 rings (SSSR count). The van der Waals surface area contributed by atoms with Gasteiger partial charge in [0.2, 0.25) is 5.95 Å². The third-order valence-electron chi connectivity index (χ3n) is 2.63. The monoisotopic (exact) mass is 280 g/mol. The third kappa shape index (κ3) is 3.41. The molecule has 0 atom stereocenters. The van der Waals surface area contributed by atoms with Gasteiger partial charge in [0, 0.05) is 13.1 Å². The molecule has 0 bridgehead atoms. The van der Waals surface area contributed by atoms with Gasteiger partial charge in [-0.2, -0.15) is 9.97 Å². The van der Waals surface area contributed by atoms with E-state index in [4.69, 9.17) is 17.2 Å². The molecule has 6 N–H and O–H groups in total. The molecule has 8 heteroatoms. The average molecular weight is 281 g/mol. The van der Waals surface area contributed by atoms with Crippen molar-refractivity contribution >= 4 is 48.1 Å². The third-order valence-corrected chi connectivity index (χ3v) is 2.63. The molecule has 0 spiro atoms. The lowest BCUT2D eigenvalue weighted by Gasteiger charge is -2.28. The van der Waals surface area contributed by atoms with Crippen LogP contribution < -0.4 is 22.1 Å². The Hall–Kier alpha value is -1.14. The number of nitrogen functional groups attached to an aromatic ring is 3. The first-order valence-corrected chi connectivity index (χ1v) is 5.12. The van der Waals surface area contributed by atoms with Crippen molar-refractivity contribution in [1.82, 2.24) is 9.97 Å². The maximum atomic E-state index is 5.84. The first-order chi connectivity index (χ1) is 7.18. The van der Waals surface area contributed by atoms with Gasteiger partial charge in [-0.25, -0.2) is 0 Å². The minimum absolute atomic E-state index is 0. The zero-order valence-corrected chi connectivity index (χ0v) is 11.1. The van der Waals surface area contributed by atoms with Crippen LogP contribution in [-0.4, -0.2) is 23.1 Å². The average Bonchev–Trinajstić information content (AvgIpc) is 2.24. The van der Waals surface area contributed by atoms with E-state index in [9.17, 15) is 0 Å². The Kier molecular flexibility index (Phi) is 6.12. The SMILES string of the molecule is Cl.Cl.Nc1nc(N)c(N)c(N2CCCCC2)n1. The smallest absolute Gasteiger partial charge is 0.224 e. The summed E-state index contributed by atoms with van der Waals surface area (Å²) in [4.78, 5) is 10.1. The molecule has 0 radical (unpaired) electrons. The van der Waals surface area contributed by atoms with Crippen molar-refractivity contribution in [3.63, 3.8) is 0 Å². The highest BCUT2D eigenvalue weighted by Gasteiger charge is 2.17. The zero-order chi connectivity index (χ0) is 10.8. The lowest BCUT2D eigenvalue weighted by molar-refractivity contribution is 0.574. The van der Waals surface area contributed by atoms with Crippen LogP contribution in [0.3, 0.4) is 0 Å². The van der Waals surface area contributed by atoms with E-state index in [0.29, 0.717) is 11.5 Å². The summed E-state index contributed by atoms with van der Waals surface area (Å²) in [5, 5.41) is 0. The second-order valence-corrected chi connectivity index (χ2v) is 3.75. The summed E-state index contributed by atoms with van der Waals surface area (Å²) in [6, 6.07) is 0. The van der Waals surface area contributed by atoms with Crippen molar-refractivity contribution in [2.24, 2.45) is 0 Å². The van der Waals surface area contributed by atoms with Crippen LogP contribution in [0.4, 0.5) is 23.3 Å². The van der Waals surface area contributed by atoms with Gasteiger partial charge < -0.3 is 22.1 Å². The van der Waals surface area contributed by atoms with Crippen molar-refractivity contribution in [2.45, 2.75) is 19.3 Å². The molecule has 1 aromatic rings. The van der Waals surface area contributed by atoms with E-state index in [1.54, 1.807) is 0 Å². The Morgan fingerprint density at radius 1 is 0.882 bits per heavy atom. The summed E-state index contributed by atoms with van der Waals surface area (Å²) >= 11 is 0. The molecular weight excluding hydrogens is 263 g/mol. The highest BCUT2D eigenvalue weighted by Crippen LogP contribution is 2.27. The maximum absolute atomic E-state index is 5.84. The molecule has 1 saturated heterocycles. The first-order valence-electron chi connectivity index (χ1n) is 5.12. The number of aromatic nitrogens is 2. The largest absolute Gasteiger partial charge is 0.393 e. The molecule has 0 unspecified atom stereocenters. The van der Waals surface area contributed by atoms with Crippen LogP contribution >= 0.6 is 24.8 Å². The van der Waals surface area contributed by atoms with Crippen molar-refractivity contribution in [2.75, 3.05) is 35.2 Å². The highest BCUT2D eigenvalue weighted by atomic mass is 35.5. The van der Waals surface area contributed by atoms with Crippen LogP contribution in [0.1, 0.15) is 19.3 Å². The van der Waals surface area contributed by atoms with Gasteiger partial charge in [-0.15, -0.1) is 24.8 Å². The first kappa shape index (κ1) is 15.9. The number of rotatable bonds is 1. The molecule has 0 aromatic carbocycles. The van der Waals surface area contributed by atoms with Gasteiger partial charge in [-0.1, -0.05) is 0 Å². The van der Waals surface area contributed by atoms with E-state index in [1.807, 2.05) is 0 Å². The van der Waals surface area contributed by atoms with E-state index in [-0.39, 0.29) is 36.6 Å². The predicted octanol–water partition coefficient (Wildman–Crippen LogP) is 1.06. The lowest BCUT2D eigenvalue weighted by atomic mass is 10.1. The molecule has 98 valence electrons. The normalized spacial score (nSPS) is 14.7. The molecule has 1 aliphatic rings. The van der Waals surface area contributed by atoms with Crippen LogP contribution in [0.15, 0.2) is 0 Å². The number of hydrogen-bond acceptors (Lipinski definition) is 6. The van der Waals surface area contributed by atoms with E-state index in [0.717, 1.165) is 25.9 Å². The Morgan fingerprint density at radius 2 is 1.47 bits per heavy atom. The quantitative estimate of drug-likeness (QED) is 0.710. The fourth-order valence-corrected chi connectivity index (χ4v) is 1.84. The van der Waals surface area contributed by atoms with Crippen molar-refractivity contribution in [3.8, 4) is 0 Å². The van der Waals surface area contributed by atoms with Crippen LogP contribution in [0, 0.1) is 0 Å². The molecular formula is C9H18Cl2N6. The topological polar surface area (TPSA) is 107 Å². The van der Waals surface area contributed by atoms with Crippen LogP contribution in [-0.2, 0) is 0 Å². The summed E-state index contributed by atoms with van der Waals surface area (Å²) < 4.78 is 0. The number of anilines is 4. The van der Waals surface area contributed by atoms with Gasteiger partial charge >= 0.3 is 0 Å². The Balaban J connectivity index is 0.00000128.